The number of aromatic nitrogens is 3. The minimum absolute atomic E-state index is 0.298. The Bertz CT molecular complexity index is 508. The first-order valence-corrected chi connectivity index (χ1v) is 7.45. The normalized spacial score (nSPS) is 12.6. The summed E-state index contributed by atoms with van der Waals surface area (Å²) in [6.07, 6.45) is 2.38. The van der Waals surface area contributed by atoms with E-state index in [1.54, 1.807) is 0 Å². The molecule has 0 aliphatic heterocycles. The van der Waals surface area contributed by atoms with Gasteiger partial charge in [-0.2, -0.15) is 5.10 Å². The third kappa shape index (κ3) is 5.19. The Labute approximate surface area is 126 Å². The second-order valence-electron chi connectivity index (χ2n) is 5.63. The number of hydrogen-bond acceptors (Lipinski definition) is 4. The van der Waals surface area contributed by atoms with Gasteiger partial charge in [-0.25, -0.2) is 4.98 Å². The molecule has 2 aromatic rings. The maximum Gasteiger partial charge on any atom is 0.137 e. The molecule has 1 atom stereocenters. The quantitative estimate of drug-likeness (QED) is 0.784. The van der Waals surface area contributed by atoms with Crippen molar-refractivity contribution in [3.05, 3.63) is 42.0 Å². The Balaban J connectivity index is 1.77. The van der Waals surface area contributed by atoms with Crippen molar-refractivity contribution < 1.29 is 4.74 Å². The van der Waals surface area contributed by atoms with E-state index in [0.29, 0.717) is 12.0 Å². The SMILES string of the molecule is CC(C)COc1ccc(C(C)NCCc2ncn[nH]2)cc1. The Kier molecular flexibility index (Phi) is 5.75. The fourth-order valence-electron chi connectivity index (χ4n) is 1.99. The number of nitrogens with one attached hydrogen (secondary N) is 2. The molecule has 0 amide bonds. The fraction of sp³-hybridized carbons (Fsp3) is 0.500. The van der Waals surface area contributed by atoms with Crippen LogP contribution in [0.15, 0.2) is 30.6 Å². The molecule has 0 spiro atoms. The van der Waals surface area contributed by atoms with Crippen LogP contribution in [0.1, 0.15) is 38.2 Å². The fourth-order valence-corrected chi connectivity index (χ4v) is 1.99. The van der Waals surface area contributed by atoms with Crippen LogP contribution in [0.3, 0.4) is 0 Å². The van der Waals surface area contributed by atoms with Crippen molar-refractivity contribution in [1.82, 2.24) is 20.5 Å². The van der Waals surface area contributed by atoms with Crippen molar-refractivity contribution in [2.45, 2.75) is 33.2 Å². The summed E-state index contributed by atoms with van der Waals surface area (Å²) in [5.74, 6) is 2.38. The topological polar surface area (TPSA) is 62.8 Å². The van der Waals surface area contributed by atoms with E-state index in [1.165, 1.54) is 11.9 Å². The highest BCUT2D eigenvalue weighted by Gasteiger charge is 2.06. The van der Waals surface area contributed by atoms with E-state index < -0.39 is 0 Å². The highest BCUT2D eigenvalue weighted by molar-refractivity contribution is 5.28. The van der Waals surface area contributed by atoms with Crippen LogP contribution in [0.5, 0.6) is 5.75 Å². The van der Waals surface area contributed by atoms with E-state index in [0.717, 1.165) is 31.1 Å². The molecule has 2 rings (SSSR count). The molecule has 114 valence electrons. The maximum absolute atomic E-state index is 5.69. The van der Waals surface area contributed by atoms with Gasteiger partial charge in [-0.15, -0.1) is 0 Å². The lowest BCUT2D eigenvalue weighted by Gasteiger charge is -2.15. The molecule has 2 N–H and O–H groups in total. The van der Waals surface area contributed by atoms with Gasteiger partial charge in [0.2, 0.25) is 0 Å². The van der Waals surface area contributed by atoms with E-state index >= 15 is 0 Å². The van der Waals surface area contributed by atoms with Crippen LogP contribution >= 0.6 is 0 Å². The zero-order valence-corrected chi connectivity index (χ0v) is 13.0. The zero-order chi connectivity index (χ0) is 15.1. The third-order valence-corrected chi connectivity index (χ3v) is 3.24. The van der Waals surface area contributed by atoms with Gasteiger partial charge in [-0.05, 0) is 30.5 Å². The molecule has 1 aromatic carbocycles. The van der Waals surface area contributed by atoms with Crippen molar-refractivity contribution in [2.24, 2.45) is 5.92 Å². The predicted molar refractivity (Wildman–Crippen MR) is 83.3 cm³/mol. The lowest BCUT2D eigenvalue weighted by atomic mass is 10.1. The lowest BCUT2D eigenvalue weighted by molar-refractivity contribution is 0.271. The summed E-state index contributed by atoms with van der Waals surface area (Å²) in [5.41, 5.74) is 1.25. The molecule has 5 nitrogen and oxygen atoms in total. The van der Waals surface area contributed by atoms with Gasteiger partial charge < -0.3 is 10.1 Å². The van der Waals surface area contributed by atoms with Crippen molar-refractivity contribution in [1.29, 1.82) is 0 Å². The van der Waals surface area contributed by atoms with E-state index in [-0.39, 0.29) is 0 Å². The molecule has 1 heterocycles. The number of benzene rings is 1. The molecule has 5 heteroatoms. The van der Waals surface area contributed by atoms with Crippen LogP contribution < -0.4 is 10.1 Å². The van der Waals surface area contributed by atoms with Gasteiger partial charge in [0.1, 0.15) is 17.9 Å². The van der Waals surface area contributed by atoms with Crippen LogP contribution in [0, 0.1) is 5.92 Å². The molecule has 0 aliphatic carbocycles. The van der Waals surface area contributed by atoms with Gasteiger partial charge in [0, 0.05) is 19.0 Å². The zero-order valence-electron chi connectivity index (χ0n) is 13.0. The van der Waals surface area contributed by atoms with Crippen LogP contribution in [-0.2, 0) is 6.42 Å². The molecule has 0 fully saturated rings. The van der Waals surface area contributed by atoms with Crippen LogP contribution in [-0.4, -0.2) is 28.3 Å². The summed E-state index contributed by atoms with van der Waals surface area (Å²) < 4.78 is 5.69. The second-order valence-corrected chi connectivity index (χ2v) is 5.63. The monoisotopic (exact) mass is 288 g/mol. The summed E-state index contributed by atoms with van der Waals surface area (Å²) in [7, 11) is 0. The molecular weight excluding hydrogens is 264 g/mol. The number of rotatable bonds is 8. The molecule has 0 saturated carbocycles. The van der Waals surface area contributed by atoms with E-state index in [4.69, 9.17) is 4.74 Å². The smallest absolute Gasteiger partial charge is 0.137 e. The summed E-state index contributed by atoms with van der Waals surface area (Å²) >= 11 is 0. The standard InChI is InChI=1S/C16H24N4O/c1-12(2)10-21-15-6-4-14(5-7-15)13(3)17-9-8-16-18-11-19-20-16/h4-7,11-13,17H,8-10H2,1-3H3,(H,18,19,20). The van der Waals surface area contributed by atoms with Crippen LogP contribution in [0.2, 0.25) is 0 Å². The average molecular weight is 288 g/mol. The summed E-state index contributed by atoms with van der Waals surface area (Å²) in [4.78, 5) is 4.11. The van der Waals surface area contributed by atoms with Gasteiger partial charge in [-0.1, -0.05) is 26.0 Å². The molecule has 1 aromatic heterocycles. The van der Waals surface area contributed by atoms with E-state index in [1.807, 2.05) is 12.1 Å². The molecular formula is C16H24N4O. The van der Waals surface area contributed by atoms with E-state index in [2.05, 4.69) is 53.4 Å². The van der Waals surface area contributed by atoms with Crippen molar-refractivity contribution in [2.75, 3.05) is 13.2 Å². The molecule has 0 aliphatic rings. The predicted octanol–water partition coefficient (Wildman–Crippen LogP) is 2.73. The first-order valence-electron chi connectivity index (χ1n) is 7.45. The van der Waals surface area contributed by atoms with Gasteiger partial charge in [0.25, 0.3) is 0 Å². The first kappa shape index (κ1) is 15.5. The lowest BCUT2D eigenvalue weighted by Crippen LogP contribution is -2.21. The Morgan fingerprint density at radius 1 is 1.19 bits per heavy atom. The molecule has 0 radical (unpaired) electrons. The van der Waals surface area contributed by atoms with Gasteiger partial charge in [0.05, 0.1) is 6.61 Å². The number of H-pyrrole nitrogens is 1. The largest absolute Gasteiger partial charge is 0.493 e. The summed E-state index contributed by atoms with van der Waals surface area (Å²) in [5, 5.41) is 10.2. The average Bonchev–Trinajstić information content (AvgIpc) is 2.99. The van der Waals surface area contributed by atoms with Crippen molar-refractivity contribution >= 4 is 0 Å². The Morgan fingerprint density at radius 3 is 2.57 bits per heavy atom. The minimum Gasteiger partial charge on any atom is -0.493 e. The number of aromatic amines is 1. The van der Waals surface area contributed by atoms with Gasteiger partial charge in [-0.3, -0.25) is 5.10 Å². The van der Waals surface area contributed by atoms with Gasteiger partial charge >= 0.3 is 0 Å². The number of hydrogen-bond donors (Lipinski definition) is 2. The minimum atomic E-state index is 0.298. The molecule has 21 heavy (non-hydrogen) atoms. The van der Waals surface area contributed by atoms with E-state index in [9.17, 15) is 0 Å². The van der Waals surface area contributed by atoms with Crippen molar-refractivity contribution in [3.63, 3.8) is 0 Å². The van der Waals surface area contributed by atoms with Gasteiger partial charge in [0.15, 0.2) is 0 Å². The highest BCUT2D eigenvalue weighted by Crippen LogP contribution is 2.18. The third-order valence-electron chi connectivity index (χ3n) is 3.24. The first-order chi connectivity index (χ1) is 10.1. The maximum atomic E-state index is 5.69. The Hall–Kier alpha value is -1.88. The van der Waals surface area contributed by atoms with Crippen LogP contribution in [0.25, 0.3) is 0 Å². The number of nitrogens with zero attached hydrogens (tertiary/aromatic N) is 2. The number of ether oxygens (including phenoxy) is 1. The highest BCUT2D eigenvalue weighted by atomic mass is 16.5. The second kappa shape index (κ2) is 7.78. The molecule has 0 saturated heterocycles. The molecule has 0 bridgehead atoms. The van der Waals surface area contributed by atoms with Crippen LogP contribution in [0.4, 0.5) is 0 Å². The van der Waals surface area contributed by atoms with Crippen molar-refractivity contribution in [3.8, 4) is 5.75 Å². The Morgan fingerprint density at radius 2 is 1.95 bits per heavy atom. The molecule has 1 unspecified atom stereocenters. The summed E-state index contributed by atoms with van der Waals surface area (Å²) in [6.45, 7) is 8.07. The summed E-state index contributed by atoms with van der Waals surface area (Å²) in [6, 6.07) is 8.59.